The Hall–Kier alpha value is -2.06. The van der Waals surface area contributed by atoms with Gasteiger partial charge in [0.25, 0.3) is 5.91 Å². The third-order valence-corrected chi connectivity index (χ3v) is 4.32. The summed E-state index contributed by atoms with van der Waals surface area (Å²) in [6, 6.07) is 0.0493. The van der Waals surface area contributed by atoms with Crippen LogP contribution in [0.15, 0.2) is 18.6 Å². The second kappa shape index (κ2) is 6.59. The summed E-state index contributed by atoms with van der Waals surface area (Å²) in [7, 11) is 3.50. The Bertz CT molecular complexity index is 580. The molecule has 0 saturated carbocycles. The topological polar surface area (TPSA) is 78.9 Å². The Morgan fingerprint density at radius 2 is 2.17 bits per heavy atom. The third-order valence-electron chi connectivity index (χ3n) is 4.32. The van der Waals surface area contributed by atoms with E-state index in [0.29, 0.717) is 38.5 Å². The highest BCUT2D eigenvalue weighted by atomic mass is 16.5. The molecule has 2 saturated heterocycles. The Balaban J connectivity index is 1.68. The SMILES string of the molecule is CN(C)C(=O)CN1CCO[C@H]2CN(C(=O)c3cnccn3)C[C@H]21. The van der Waals surface area contributed by atoms with Gasteiger partial charge in [-0.2, -0.15) is 0 Å². The minimum absolute atomic E-state index is 0.0493. The van der Waals surface area contributed by atoms with Crippen molar-refractivity contribution in [1.29, 1.82) is 0 Å². The van der Waals surface area contributed by atoms with Gasteiger partial charge in [0.05, 0.1) is 31.5 Å². The van der Waals surface area contributed by atoms with Gasteiger partial charge >= 0.3 is 0 Å². The van der Waals surface area contributed by atoms with E-state index in [0.717, 1.165) is 0 Å². The maximum Gasteiger partial charge on any atom is 0.274 e. The number of likely N-dealkylation sites (N-methyl/N-ethyl adjacent to an activating group) is 1. The molecular formula is C15H21N5O3. The van der Waals surface area contributed by atoms with Gasteiger partial charge in [0.15, 0.2) is 0 Å². The Labute approximate surface area is 135 Å². The van der Waals surface area contributed by atoms with E-state index in [-0.39, 0.29) is 24.0 Å². The number of ether oxygens (including phenoxy) is 1. The average Bonchev–Trinajstić information content (AvgIpc) is 3.00. The lowest BCUT2D eigenvalue weighted by Crippen LogP contribution is -2.53. The predicted molar refractivity (Wildman–Crippen MR) is 81.7 cm³/mol. The second-order valence-electron chi connectivity index (χ2n) is 6.04. The molecule has 2 fully saturated rings. The first kappa shape index (κ1) is 15.8. The van der Waals surface area contributed by atoms with Crippen molar-refractivity contribution in [1.82, 2.24) is 24.7 Å². The van der Waals surface area contributed by atoms with Gasteiger partial charge < -0.3 is 14.5 Å². The molecule has 0 aliphatic carbocycles. The summed E-state index contributed by atoms with van der Waals surface area (Å²) in [5.41, 5.74) is 0.335. The molecule has 2 atom stereocenters. The van der Waals surface area contributed by atoms with Crippen LogP contribution in [0.1, 0.15) is 10.5 Å². The minimum Gasteiger partial charge on any atom is -0.373 e. The van der Waals surface area contributed by atoms with Crippen molar-refractivity contribution in [3.05, 3.63) is 24.3 Å². The first-order chi connectivity index (χ1) is 11.1. The lowest BCUT2D eigenvalue weighted by Gasteiger charge is -2.36. The first-order valence-electron chi connectivity index (χ1n) is 7.67. The highest BCUT2D eigenvalue weighted by Crippen LogP contribution is 2.23. The van der Waals surface area contributed by atoms with E-state index in [1.165, 1.54) is 18.6 Å². The molecule has 2 aliphatic rings. The second-order valence-corrected chi connectivity index (χ2v) is 6.04. The van der Waals surface area contributed by atoms with Gasteiger partial charge in [-0.25, -0.2) is 4.98 Å². The monoisotopic (exact) mass is 319 g/mol. The zero-order chi connectivity index (χ0) is 16.4. The van der Waals surface area contributed by atoms with Crippen LogP contribution in [0.4, 0.5) is 0 Å². The van der Waals surface area contributed by atoms with Crippen molar-refractivity contribution >= 4 is 11.8 Å². The number of carbonyl (C=O) groups excluding carboxylic acids is 2. The molecule has 1 aromatic rings. The molecule has 3 rings (SSSR count). The average molecular weight is 319 g/mol. The molecule has 0 aromatic carbocycles. The molecule has 0 unspecified atom stereocenters. The summed E-state index contributed by atoms with van der Waals surface area (Å²) in [5.74, 6) is -0.0839. The van der Waals surface area contributed by atoms with Crippen LogP contribution in [0.2, 0.25) is 0 Å². The molecule has 1 aromatic heterocycles. The number of hydrogen-bond donors (Lipinski definition) is 0. The van der Waals surface area contributed by atoms with Gasteiger partial charge in [0.2, 0.25) is 5.91 Å². The van der Waals surface area contributed by atoms with E-state index in [2.05, 4.69) is 14.9 Å². The van der Waals surface area contributed by atoms with E-state index in [1.54, 1.807) is 23.9 Å². The number of rotatable bonds is 3. The fraction of sp³-hybridized carbons (Fsp3) is 0.600. The van der Waals surface area contributed by atoms with Crippen LogP contribution in [-0.4, -0.2) is 95.5 Å². The summed E-state index contributed by atoms with van der Waals surface area (Å²) >= 11 is 0. The van der Waals surface area contributed by atoms with Gasteiger partial charge in [-0.3, -0.25) is 19.5 Å². The highest BCUT2D eigenvalue weighted by molar-refractivity contribution is 5.92. The Morgan fingerprint density at radius 3 is 2.87 bits per heavy atom. The van der Waals surface area contributed by atoms with Crippen LogP contribution < -0.4 is 0 Å². The number of likely N-dealkylation sites (tertiary alicyclic amines) is 1. The Morgan fingerprint density at radius 1 is 1.35 bits per heavy atom. The molecule has 8 nitrogen and oxygen atoms in total. The normalized spacial score (nSPS) is 24.3. The molecule has 3 heterocycles. The van der Waals surface area contributed by atoms with Crippen molar-refractivity contribution in [2.24, 2.45) is 0 Å². The van der Waals surface area contributed by atoms with Crippen LogP contribution >= 0.6 is 0 Å². The summed E-state index contributed by atoms with van der Waals surface area (Å²) < 4.78 is 5.79. The maximum absolute atomic E-state index is 12.5. The third kappa shape index (κ3) is 3.32. The minimum atomic E-state index is -0.144. The van der Waals surface area contributed by atoms with Crippen LogP contribution in [-0.2, 0) is 9.53 Å². The zero-order valence-corrected chi connectivity index (χ0v) is 13.4. The summed E-state index contributed by atoms with van der Waals surface area (Å²) in [6.07, 6.45) is 4.46. The van der Waals surface area contributed by atoms with Crippen LogP contribution in [0.3, 0.4) is 0 Å². The summed E-state index contributed by atoms with van der Waals surface area (Å²) in [5, 5.41) is 0. The van der Waals surface area contributed by atoms with Crippen LogP contribution in [0.5, 0.6) is 0 Å². The van der Waals surface area contributed by atoms with Gasteiger partial charge in [0.1, 0.15) is 5.69 Å². The Kier molecular flexibility index (Phi) is 4.53. The molecule has 8 heteroatoms. The van der Waals surface area contributed by atoms with Crippen LogP contribution in [0.25, 0.3) is 0 Å². The van der Waals surface area contributed by atoms with Crippen molar-refractivity contribution in [2.75, 3.05) is 46.9 Å². The van der Waals surface area contributed by atoms with Gasteiger partial charge in [-0.15, -0.1) is 0 Å². The molecule has 2 amide bonds. The van der Waals surface area contributed by atoms with E-state index in [9.17, 15) is 9.59 Å². The summed E-state index contributed by atoms with van der Waals surface area (Å²) in [6.45, 7) is 2.70. The maximum atomic E-state index is 12.5. The van der Waals surface area contributed by atoms with E-state index in [4.69, 9.17) is 4.74 Å². The molecule has 0 bridgehead atoms. The van der Waals surface area contributed by atoms with E-state index < -0.39 is 0 Å². The fourth-order valence-corrected chi connectivity index (χ4v) is 3.01. The number of aromatic nitrogens is 2. The van der Waals surface area contributed by atoms with Crippen molar-refractivity contribution < 1.29 is 14.3 Å². The van der Waals surface area contributed by atoms with E-state index >= 15 is 0 Å². The van der Waals surface area contributed by atoms with Crippen molar-refractivity contribution in [3.8, 4) is 0 Å². The summed E-state index contributed by atoms with van der Waals surface area (Å²) in [4.78, 5) is 37.9. The molecule has 23 heavy (non-hydrogen) atoms. The highest BCUT2D eigenvalue weighted by Gasteiger charge is 2.42. The predicted octanol–water partition coefficient (Wildman–Crippen LogP) is -0.910. The van der Waals surface area contributed by atoms with E-state index in [1.807, 2.05) is 0 Å². The number of hydrogen-bond acceptors (Lipinski definition) is 6. The smallest absolute Gasteiger partial charge is 0.274 e. The molecule has 124 valence electrons. The lowest BCUT2D eigenvalue weighted by molar-refractivity contribution is -0.133. The standard InChI is InChI=1S/C15H21N5O3/c1-18(2)14(21)10-19-5-6-23-13-9-20(8-12(13)19)15(22)11-7-16-3-4-17-11/h3-4,7,12-13H,5-6,8-10H2,1-2H3/t12-,13+/m1/s1. The molecule has 0 spiro atoms. The van der Waals surface area contributed by atoms with Crippen molar-refractivity contribution in [2.45, 2.75) is 12.1 Å². The van der Waals surface area contributed by atoms with Gasteiger partial charge in [-0.05, 0) is 0 Å². The van der Waals surface area contributed by atoms with Crippen molar-refractivity contribution in [3.63, 3.8) is 0 Å². The number of nitrogens with zero attached hydrogens (tertiary/aromatic N) is 5. The number of fused-ring (bicyclic) bond motifs is 1. The zero-order valence-electron chi connectivity index (χ0n) is 13.4. The quantitative estimate of drug-likeness (QED) is 0.718. The lowest BCUT2D eigenvalue weighted by atomic mass is 10.1. The first-order valence-corrected chi connectivity index (χ1v) is 7.67. The van der Waals surface area contributed by atoms with Gasteiger partial charge in [-0.1, -0.05) is 0 Å². The van der Waals surface area contributed by atoms with Gasteiger partial charge in [0, 0.05) is 46.1 Å². The molecular weight excluding hydrogens is 298 g/mol. The number of amides is 2. The number of morpholine rings is 1. The fourth-order valence-electron chi connectivity index (χ4n) is 3.01. The number of carbonyl (C=O) groups is 2. The van der Waals surface area contributed by atoms with Crippen LogP contribution in [0, 0.1) is 0 Å². The molecule has 0 radical (unpaired) electrons. The largest absolute Gasteiger partial charge is 0.373 e. The molecule has 0 N–H and O–H groups in total. The molecule has 2 aliphatic heterocycles.